The molecular formula is C18H28N4O. The molecule has 0 spiro atoms. The molecule has 1 amide bonds. The molecule has 1 aliphatic rings. The van der Waals surface area contributed by atoms with Gasteiger partial charge in [0.2, 0.25) is 5.91 Å². The molecule has 2 N–H and O–H groups in total. The molecule has 1 aromatic rings. The van der Waals surface area contributed by atoms with E-state index in [0.29, 0.717) is 6.42 Å². The summed E-state index contributed by atoms with van der Waals surface area (Å²) in [5.41, 5.74) is 2.55. The minimum Gasteiger partial charge on any atom is -0.356 e. The quantitative estimate of drug-likeness (QED) is 0.461. The number of benzene rings is 1. The zero-order valence-electron chi connectivity index (χ0n) is 14.3. The minimum atomic E-state index is 0.233. The summed E-state index contributed by atoms with van der Waals surface area (Å²) < 4.78 is 0. The van der Waals surface area contributed by atoms with E-state index in [1.54, 1.807) is 7.05 Å². The molecule has 0 atom stereocenters. The maximum atomic E-state index is 12.3. The van der Waals surface area contributed by atoms with E-state index in [-0.39, 0.29) is 5.91 Å². The van der Waals surface area contributed by atoms with Crippen molar-refractivity contribution < 1.29 is 4.79 Å². The number of hydrogen-bond acceptors (Lipinski definition) is 2. The van der Waals surface area contributed by atoms with Crippen molar-refractivity contribution in [3.05, 3.63) is 35.4 Å². The summed E-state index contributed by atoms with van der Waals surface area (Å²) >= 11 is 0. The van der Waals surface area contributed by atoms with Crippen molar-refractivity contribution in [2.75, 3.05) is 20.1 Å². The zero-order chi connectivity index (χ0) is 16.5. The van der Waals surface area contributed by atoms with E-state index in [2.05, 4.69) is 34.7 Å². The fourth-order valence-electron chi connectivity index (χ4n) is 2.72. The monoisotopic (exact) mass is 316 g/mol. The molecule has 0 bridgehead atoms. The van der Waals surface area contributed by atoms with Crippen LogP contribution in [0.15, 0.2) is 29.3 Å². The maximum absolute atomic E-state index is 12.3. The van der Waals surface area contributed by atoms with Crippen LogP contribution >= 0.6 is 0 Å². The zero-order valence-corrected chi connectivity index (χ0v) is 14.3. The van der Waals surface area contributed by atoms with Gasteiger partial charge in [0.25, 0.3) is 0 Å². The van der Waals surface area contributed by atoms with Crippen LogP contribution in [0.4, 0.5) is 0 Å². The number of rotatable bonds is 7. The van der Waals surface area contributed by atoms with Crippen molar-refractivity contribution in [2.45, 2.75) is 45.7 Å². The van der Waals surface area contributed by atoms with Crippen molar-refractivity contribution in [1.82, 2.24) is 15.5 Å². The Kier molecular flexibility index (Phi) is 6.91. The van der Waals surface area contributed by atoms with Gasteiger partial charge in [-0.15, -0.1) is 0 Å². The lowest BCUT2D eigenvalue weighted by atomic mass is 10.1. The average molecular weight is 316 g/mol. The molecule has 0 unspecified atom stereocenters. The first kappa shape index (κ1) is 17.3. The molecule has 0 fully saturated rings. The lowest BCUT2D eigenvalue weighted by Gasteiger charge is -2.16. The summed E-state index contributed by atoms with van der Waals surface area (Å²) in [5.74, 6) is 1.05. The van der Waals surface area contributed by atoms with Crippen molar-refractivity contribution >= 4 is 11.9 Å². The lowest BCUT2D eigenvalue weighted by molar-refractivity contribution is -0.131. The van der Waals surface area contributed by atoms with Crippen LogP contribution in [-0.4, -0.2) is 36.9 Å². The van der Waals surface area contributed by atoms with Gasteiger partial charge in [-0.2, -0.15) is 0 Å². The van der Waals surface area contributed by atoms with Gasteiger partial charge in [-0.1, -0.05) is 37.6 Å². The first-order chi connectivity index (χ1) is 11.2. The van der Waals surface area contributed by atoms with Crippen LogP contribution in [0.1, 0.15) is 43.7 Å². The second-order valence-corrected chi connectivity index (χ2v) is 5.90. The molecule has 1 heterocycles. The third-order valence-corrected chi connectivity index (χ3v) is 4.10. The Labute approximate surface area is 139 Å². The maximum Gasteiger partial charge on any atom is 0.223 e. The van der Waals surface area contributed by atoms with Gasteiger partial charge in [-0.25, -0.2) is 0 Å². The number of amides is 1. The van der Waals surface area contributed by atoms with Crippen LogP contribution in [0.25, 0.3) is 0 Å². The van der Waals surface area contributed by atoms with Crippen LogP contribution in [0.5, 0.6) is 0 Å². The summed E-state index contributed by atoms with van der Waals surface area (Å²) in [4.78, 5) is 18.4. The van der Waals surface area contributed by atoms with Crippen LogP contribution in [0.3, 0.4) is 0 Å². The summed E-state index contributed by atoms with van der Waals surface area (Å²) in [7, 11) is 1.77. The van der Waals surface area contributed by atoms with E-state index < -0.39 is 0 Å². The van der Waals surface area contributed by atoms with Gasteiger partial charge in [0, 0.05) is 39.6 Å². The Balaban J connectivity index is 1.64. The molecule has 23 heavy (non-hydrogen) atoms. The van der Waals surface area contributed by atoms with E-state index >= 15 is 0 Å². The number of carbonyl (C=O) groups excluding carboxylic acids is 1. The fraction of sp³-hybridized carbons (Fsp3) is 0.556. The average Bonchev–Trinajstić information content (AvgIpc) is 3.01. The van der Waals surface area contributed by atoms with Crippen LogP contribution in [-0.2, 0) is 17.9 Å². The smallest absolute Gasteiger partial charge is 0.223 e. The predicted octanol–water partition coefficient (Wildman–Crippen LogP) is 2.27. The second kappa shape index (κ2) is 9.18. The number of fused-ring (bicyclic) bond motifs is 1. The van der Waals surface area contributed by atoms with E-state index in [1.165, 1.54) is 11.1 Å². The second-order valence-electron chi connectivity index (χ2n) is 5.90. The number of nitrogens with one attached hydrogen (secondary N) is 2. The van der Waals surface area contributed by atoms with Gasteiger partial charge < -0.3 is 15.5 Å². The van der Waals surface area contributed by atoms with Crippen molar-refractivity contribution in [3.8, 4) is 0 Å². The molecule has 0 aliphatic carbocycles. The van der Waals surface area contributed by atoms with E-state index in [9.17, 15) is 4.79 Å². The normalized spacial score (nSPS) is 13.8. The molecule has 0 saturated carbocycles. The molecule has 1 aromatic carbocycles. The molecular weight excluding hydrogens is 288 g/mol. The highest BCUT2D eigenvalue weighted by Gasteiger charge is 2.22. The molecule has 0 saturated heterocycles. The summed E-state index contributed by atoms with van der Waals surface area (Å²) in [6.07, 6.45) is 3.69. The van der Waals surface area contributed by atoms with Gasteiger partial charge in [0.1, 0.15) is 0 Å². The Hall–Kier alpha value is -2.04. The molecule has 2 rings (SSSR count). The molecule has 0 radical (unpaired) electrons. The number of nitrogens with zero attached hydrogens (tertiary/aromatic N) is 2. The Morgan fingerprint density at radius 2 is 1.74 bits per heavy atom. The summed E-state index contributed by atoms with van der Waals surface area (Å²) in [5, 5.41) is 6.53. The number of unbranched alkanes of at least 4 members (excludes halogenated alkanes) is 1. The topological polar surface area (TPSA) is 56.7 Å². The van der Waals surface area contributed by atoms with Gasteiger partial charge in [-0.05, 0) is 24.0 Å². The van der Waals surface area contributed by atoms with Crippen LogP contribution in [0, 0.1) is 0 Å². The first-order valence-electron chi connectivity index (χ1n) is 8.53. The molecule has 5 nitrogen and oxygen atoms in total. The number of guanidine groups is 1. The van der Waals surface area contributed by atoms with Crippen molar-refractivity contribution in [2.24, 2.45) is 4.99 Å². The summed E-state index contributed by atoms with van der Waals surface area (Å²) in [6.45, 7) is 5.37. The minimum absolute atomic E-state index is 0.233. The third-order valence-electron chi connectivity index (χ3n) is 4.10. The van der Waals surface area contributed by atoms with Gasteiger partial charge in [0.15, 0.2) is 5.96 Å². The van der Waals surface area contributed by atoms with E-state index in [1.807, 2.05) is 17.0 Å². The number of hydrogen-bond donors (Lipinski definition) is 2. The highest BCUT2D eigenvalue weighted by atomic mass is 16.2. The SMILES string of the molecule is CCCCNC(=NC)NCCCC(=O)N1Cc2ccccc2C1. The Bertz CT molecular complexity index is 517. The van der Waals surface area contributed by atoms with E-state index in [0.717, 1.165) is 51.4 Å². The molecule has 5 heteroatoms. The number of aliphatic imine (C=N–C) groups is 1. The lowest BCUT2D eigenvalue weighted by Crippen LogP contribution is -2.38. The van der Waals surface area contributed by atoms with Gasteiger partial charge in [-0.3, -0.25) is 9.79 Å². The largest absolute Gasteiger partial charge is 0.356 e. The summed E-state index contributed by atoms with van der Waals surface area (Å²) in [6, 6.07) is 8.29. The highest BCUT2D eigenvalue weighted by molar-refractivity contribution is 5.80. The van der Waals surface area contributed by atoms with E-state index in [4.69, 9.17) is 0 Å². The third kappa shape index (κ3) is 5.27. The van der Waals surface area contributed by atoms with Crippen LogP contribution < -0.4 is 10.6 Å². The Morgan fingerprint density at radius 3 is 2.30 bits per heavy atom. The molecule has 1 aliphatic heterocycles. The van der Waals surface area contributed by atoms with Gasteiger partial charge >= 0.3 is 0 Å². The Morgan fingerprint density at radius 1 is 1.13 bits per heavy atom. The predicted molar refractivity (Wildman–Crippen MR) is 94.2 cm³/mol. The standard InChI is InChI=1S/C18H28N4O/c1-3-4-11-20-18(19-2)21-12-7-10-17(23)22-13-15-8-5-6-9-16(15)14-22/h5-6,8-9H,3-4,7,10-14H2,1-2H3,(H2,19,20,21). The van der Waals surface area contributed by atoms with Crippen molar-refractivity contribution in [3.63, 3.8) is 0 Å². The number of carbonyl (C=O) groups is 1. The highest BCUT2D eigenvalue weighted by Crippen LogP contribution is 2.22. The van der Waals surface area contributed by atoms with Gasteiger partial charge in [0.05, 0.1) is 0 Å². The fourth-order valence-corrected chi connectivity index (χ4v) is 2.72. The molecule has 126 valence electrons. The van der Waals surface area contributed by atoms with Crippen molar-refractivity contribution in [1.29, 1.82) is 0 Å². The first-order valence-corrected chi connectivity index (χ1v) is 8.53. The molecule has 0 aromatic heterocycles. The van der Waals surface area contributed by atoms with Crippen LogP contribution in [0.2, 0.25) is 0 Å².